The first-order chi connectivity index (χ1) is 9.68. The van der Waals surface area contributed by atoms with Crippen LogP contribution in [0, 0.1) is 5.82 Å². The van der Waals surface area contributed by atoms with E-state index < -0.39 is 19.8 Å². The van der Waals surface area contributed by atoms with E-state index in [2.05, 4.69) is 22.9 Å². The molecular weight excluding hydrogens is 385 g/mol. The smallest absolute Gasteiger partial charge is 0.264 e. The average Bonchev–Trinajstić information content (AvgIpc) is 2.36. The van der Waals surface area contributed by atoms with Crippen molar-refractivity contribution < 1.29 is 17.6 Å². The minimum absolute atomic E-state index is 0.0645. The van der Waals surface area contributed by atoms with E-state index in [1.165, 1.54) is 4.90 Å². The quantitative estimate of drug-likeness (QED) is 0.539. The lowest BCUT2D eigenvalue weighted by Crippen LogP contribution is -2.28. The number of nitrogens with zero attached hydrogens (tertiary/aromatic N) is 1. The summed E-state index contributed by atoms with van der Waals surface area (Å²) in [6.45, 7) is 2.59. The van der Waals surface area contributed by atoms with Crippen LogP contribution >= 0.6 is 26.6 Å². The monoisotopic (exact) mass is 399 g/mol. The second-order valence-corrected chi connectivity index (χ2v) is 8.02. The van der Waals surface area contributed by atoms with Crippen LogP contribution in [0.5, 0.6) is 0 Å². The van der Waals surface area contributed by atoms with Crippen LogP contribution in [0.15, 0.2) is 21.5 Å². The van der Waals surface area contributed by atoms with Gasteiger partial charge in [0.2, 0.25) is 0 Å². The van der Waals surface area contributed by atoms with Crippen LogP contribution in [0.25, 0.3) is 0 Å². The number of amides is 1. The summed E-state index contributed by atoms with van der Waals surface area (Å²) in [6.07, 6.45) is 2.86. The lowest BCUT2D eigenvalue weighted by atomic mass is 10.2. The molecule has 0 saturated carbocycles. The zero-order valence-corrected chi connectivity index (χ0v) is 14.9. The number of carbonyl (C=O) groups is 1. The zero-order chi connectivity index (χ0) is 16.2. The van der Waals surface area contributed by atoms with Gasteiger partial charge in [0.15, 0.2) is 0 Å². The molecule has 0 bridgehead atoms. The predicted molar refractivity (Wildman–Crippen MR) is 83.6 cm³/mol. The molecule has 0 N–H and O–H groups in total. The fourth-order valence-corrected chi connectivity index (χ4v) is 3.18. The molecule has 1 aromatic carbocycles. The van der Waals surface area contributed by atoms with E-state index >= 15 is 0 Å². The van der Waals surface area contributed by atoms with Gasteiger partial charge < -0.3 is 4.90 Å². The Bertz CT molecular complexity index is 637. The van der Waals surface area contributed by atoms with Crippen molar-refractivity contribution in [3.63, 3.8) is 0 Å². The molecule has 118 valence electrons. The Balaban J connectivity index is 3.10. The molecule has 0 aliphatic heterocycles. The molecule has 0 aliphatic rings. The van der Waals surface area contributed by atoms with E-state index in [1.807, 2.05) is 0 Å². The summed E-state index contributed by atoms with van der Waals surface area (Å²) in [4.78, 5) is 13.1. The maximum atomic E-state index is 13.6. The van der Waals surface area contributed by atoms with Gasteiger partial charge in [-0.05, 0) is 34.5 Å². The normalized spacial score (nSPS) is 11.5. The van der Waals surface area contributed by atoms with E-state index in [9.17, 15) is 17.6 Å². The summed E-state index contributed by atoms with van der Waals surface area (Å²) in [5, 5.41) is 0. The molecule has 4 nitrogen and oxygen atoms in total. The van der Waals surface area contributed by atoms with Crippen LogP contribution in [0.2, 0.25) is 0 Å². The highest BCUT2D eigenvalue weighted by Gasteiger charge is 2.23. The van der Waals surface area contributed by atoms with Crippen molar-refractivity contribution in [2.45, 2.75) is 31.1 Å². The molecule has 1 aromatic rings. The van der Waals surface area contributed by atoms with Gasteiger partial charge in [0.1, 0.15) is 10.7 Å². The molecule has 0 saturated heterocycles. The van der Waals surface area contributed by atoms with Crippen LogP contribution < -0.4 is 0 Å². The van der Waals surface area contributed by atoms with Gasteiger partial charge >= 0.3 is 0 Å². The Morgan fingerprint density at radius 1 is 1.38 bits per heavy atom. The first kappa shape index (κ1) is 18.4. The minimum atomic E-state index is -4.25. The van der Waals surface area contributed by atoms with E-state index in [0.717, 1.165) is 31.4 Å². The van der Waals surface area contributed by atoms with Gasteiger partial charge in [0.25, 0.3) is 15.0 Å². The summed E-state index contributed by atoms with van der Waals surface area (Å²) in [5.74, 6) is -1.39. The number of unbranched alkanes of at least 4 members (excludes halogenated alkanes) is 2. The van der Waals surface area contributed by atoms with Crippen molar-refractivity contribution in [2.75, 3.05) is 13.6 Å². The molecule has 0 heterocycles. The van der Waals surface area contributed by atoms with Gasteiger partial charge in [0, 0.05) is 28.7 Å². The number of halogens is 3. The number of rotatable bonds is 6. The summed E-state index contributed by atoms with van der Waals surface area (Å²) in [5.41, 5.74) is 0.0645. The second-order valence-electron chi connectivity index (χ2n) is 4.63. The zero-order valence-electron chi connectivity index (χ0n) is 11.7. The average molecular weight is 401 g/mol. The Labute approximate surface area is 136 Å². The molecule has 0 radical (unpaired) electrons. The minimum Gasteiger partial charge on any atom is -0.342 e. The van der Waals surface area contributed by atoms with Crippen molar-refractivity contribution >= 4 is 41.6 Å². The van der Waals surface area contributed by atoms with Crippen LogP contribution in [0.1, 0.15) is 36.5 Å². The van der Waals surface area contributed by atoms with Gasteiger partial charge in [-0.1, -0.05) is 19.8 Å². The highest BCUT2D eigenvalue weighted by Crippen LogP contribution is 2.27. The third-order valence-corrected chi connectivity index (χ3v) is 4.95. The molecule has 1 amide bonds. The highest BCUT2D eigenvalue weighted by atomic mass is 79.9. The lowest BCUT2D eigenvalue weighted by molar-refractivity contribution is 0.0791. The maximum Gasteiger partial charge on any atom is 0.264 e. The molecule has 0 atom stereocenters. The number of benzene rings is 1. The number of hydrogen-bond acceptors (Lipinski definition) is 3. The molecule has 0 fully saturated rings. The fraction of sp³-hybridized carbons (Fsp3) is 0.462. The predicted octanol–water partition coefficient (Wildman–Crippen LogP) is 3.78. The largest absolute Gasteiger partial charge is 0.342 e. The van der Waals surface area contributed by atoms with Gasteiger partial charge in [-0.2, -0.15) is 0 Å². The fourth-order valence-electron chi connectivity index (χ4n) is 1.79. The van der Waals surface area contributed by atoms with E-state index in [1.54, 1.807) is 7.05 Å². The topological polar surface area (TPSA) is 54.5 Å². The summed E-state index contributed by atoms with van der Waals surface area (Å²) in [6, 6.07) is 1.89. The van der Waals surface area contributed by atoms with Crippen molar-refractivity contribution in [3.05, 3.63) is 28.0 Å². The lowest BCUT2D eigenvalue weighted by Gasteiger charge is -2.18. The Hall–Kier alpha value is -0.660. The van der Waals surface area contributed by atoms with Gasteiger partial charge in [-0.15, -0.1) is 0 Å². The highest BCUT2D eigenvalue weighted by molar-refractivity contribution is 9.10. The van der Waals surface area contributed by atoms with Crippen LogP contribution in [-0.2, 0) is 9.05 Å². The summed E-state index contributed by atoms with van der Waals surface area (Å²) < 4.78 is 36.4. The van der Waals surface area contributed by atoms with E-state index in [4.69, 9.17) is 10.7 Å². The first-order valence-electron chi connectivity index (χ1n) is 6.37. The third-order valence-electron chi connectivity index (χ3n) is 2.96. The van der Waals surface area contributed by atoms with Gasteiger partial charge in [-0.3, -0.25) is 4.79 Å². The molecule has 0 unspecified atom stereocenters. The van der Waals surface area contributed by atoms with Crippen LogP contribution in [0.4, 0.5) is 4.39 Å². The molecule has 8 heteroatoms. The standard InChI is InChI=1S/C13H16BrClFNO3S/c1-3-4-5-6-17(2)13(18)9-7-12(21(15,19)20)11(16)8-10(9)14/h7-8H,3-6H2,1-2H3. The van der Waals surface area contributed by atoms with Crippen molar-refractivity contribution in [1.82, 2.24) is 4.90 Å². The third kappa shape index (κ3) is 4.93. The molecule has 1 rings (SSSR count). The van der Waals surface area contributed by atoms with Gasteiger partial charge in [0.05, 0.1) is 5.56 Å². The molecule has 21 heavy (non-hydrogen) atoms. The Kier molecular flexibility index (Phi) is 6.62. The number of carbonyl (C=O) groups excluding carboxylic acids is 1. The maximum absolute atomic E-state index is 13.6. The van der Waals surface area contributed by atoms with Gasteiger partial charge in [-0.25, -0.2) is 12.8 Å². The van der Waals surface area contributed by atoms with Crippen molar-refractivity contribution in [2.24, 2.45) is 0 Å². The number of hydrogen-bond donors (Lipinski definition) is 0. The summed E-state index contributed by atoms with van der Waals surface area (Å²) >= 11 is 3.07. The van der Waals surface area contributed by atoms with Crippen molar-refractivity contribution in [1.29, 1.82) is 0 Å². The molecule has 0 spiro atoms. The van der Waals surface area contributed by atoms with E-state index in [-0.39, 0.29) is 15.9 Å². The molecule has 0 aliphatic carbocycles. The molecule has 0 aromatic heterocycles. The van der Waals surface area contributed by atoms with Crippen LogP contribution in [-0.4, -0.2) is 32.8 Å². The van der Waals surface area contributed by atoms with Crippen molar-refractivity contribution in [3.8, 4) is 0 Å². The molecular formula is C13H16BrClFNO3S. The second kappa shape index (κ2) is 7.56. The Morgan fingerprint density at radius 3 is 2.52 bits per heavy atom. The summed E-state index contributed by atoms with van der Waals surface area (Å²) in [7, 11) is 2.53. The Morgan fingerprint density at radius 2 is 2.00 bits per heavy atom. The van der Waals surface area contributed by atoms with Crippen LogP contribution in [0.3, 0.4) is 0 Å². The first-order valence-corrected chi connectivity index (χ1v) is 9.48. The SMILES string of the molecule is CCCCCN(C)C(=O)c1cc(S(=O)(=O)Cl)c(F)cc1Br. The van der Waals surface area contributed by atoms with E-state index in [0.29, 0.717) is 6.54 Å².